The topological polar surface area (TPSA) is 104 Å². The minimum absolute atomic E-state index is 0.349. The van der Waals surface area contributed by atoms with Gasteiger partial charge in [-0.2, -0.15) is 18.1 Å². The van der Waals surface area contributed by atoms with Gasteiger partial charge in [0.1, 0.15) is 0 Å². The van der Waals surface area contributed by atoms with E-state index >= 15 is 0 Å². The van der Waals surface area contributed by atoms with Gasteiger partial charge in [0.05, 0.1) is 11.1 Å². The molecule has 0 aliphatic rings. The van der Waals surface area contributed by atoms with Crippen molar-refractivity contribution in [2.75, 3.05) is 0 Å². The number of hydrogen-bond donors (Lipinski definition) is 3. The van der Waals surface area contributed by atoms with Crippen LogP contribution >= 0.6 is 16.3 Å². The highest BCUT2D eigenvalue weighted by atomic mass is 31.1. The highest BCUT2D eigenvalue weighted by molar-refractivity contribution is 7.40. The van der Waals surface area contributed by atoms with E-state index in [4.69, 9.17) is 9.79 Å². The molecule has 3 unspecified atom stereocenters. The molecule has 0 saturated carbocycles. The van der Waals surface area contributed by atoms with Crippen LogP contribution in [0.5, 0.6) is 0 Å². The van der Waals surface area contributed by atoms with Crippen molar-refractivity contribution in [3.05, 3.63) is 35.4 Å². The molecule has 0 fully saturated rings. The second kappa shape index (κ2) is 5.58. The van der Waals surface area contributed by atoms with Crippen LogP contribution < -0.4 is 0 Å². The molecule has 0 aliphatic carbocycles. The number of benzene rings is 1. The molecule has 104 valence electrons. The highest BCUT2D eigenvalue weighted by Gasteiger charge is 2.59. The summed E-state index contributed by atoms with van der Waals surface area (Å²) in [6.07, 6.45) is -4.75. The van der Waals surface area contributed by atoms with E-state index in [2.05, 4.69) is 4.52 Å². The minimum Gasteiger partial charge on any atom is -0.317 e. The molecule has 3 N–H and O–H groups in total. The van der Waals surface area contributed by atoms with Gasteiger partial charge in [0, 0.05) is 4.57 Å². The van der Waals surface area contributed by atoms with Gasteiger partial charge in [-0.15, -0.1) is 4.89 Å². The minimum atomic E-state index is -4.75. The van der Waals surface area contributed by atoms with E-state index in [-0.39, 0.29) is 0 Å². The number of aliphatic hydroxyl groups is 1. The monoisotopic (exact) mass is 318 g/mol. The maximum atomic E-state index is 12.5. The van der Waals surface area contributed by atoms with Crippen molar-refractivity contribution >= 4 is 16.3 Å². The molecule has 0 aromatic heterocycles. The molecular weight excluding hydrogens is 311 g/mol. The van der Waals surface area contributed by atoms with Crippen LogP contribution in [-0.2, 0) is 25.4 Å². The second-order valence-corrected chi connectivity index (χ2v) is 5.10. The molecule has 1 rings (SSSR count). The predicted molar refractivity (Wildman–Crippen MR) is 56.1 cm³/mol. The van der Waals surface area contributed by atoms with Gasteiger partial charge >= 0.3 is 28.0 Å². The van der Waals surface area contributed by atoms with Crippen molar-refractivity contribution in [2.45, 2.75) is 11.7 Å². The summed E-state index contributed by atoms with van der Waals surface area (Å²) in [5.74, 6) is 0. The Labute approximate surface area is 106 Å². The van der Waals surface area contributed by atoms with Crippen LogP contribution in [0.2, 0.25) is 0 Å². The Bertz CT molecular complexity index is 519. The highest BCUT2D eigenvalue weighted by Crippen LogP contribution is 2.48. The first-order valence-corrected chi connectivity index (χ1v) is 6.83. The second-order valence-electron chi connectivity index (χ2n) is 3.29. The maximum Gasteiger partial charge on any atom is 0.702 e. The van der Waals surface area contributed by atoms with E-state index in [0.29, 0.717) is 12.1 Å². The maximum absolute atomic E-state index is 12.5. The van der Waals surface area contributed by atoms with Gasteiger partial charge in [-0.05, 0) is 27.3 Å². The SMILES string of the molecule is O=[P+](O)OC(O)(c1cccc(C(F)(F)F)c1)[P+](=O)O. The Balaban J connectivity index is 3.32. The molecule has 1 aromatic rings. The molecular formula is C8H7F3O6P2+2. The lowest BCUT2D eigenvalue weighted by atomic mass is 10.1. The van der Waals surface area contributed by atoms with E-state index in [0.717, 1.165) is 12.1 Å². The number of rotatable bonds is 4. The molecule has 0 radical (unpaired) electrons. The quantitative estimate of drug-likeness (QED) is 0.581. The Kier molecular flexibility index (Phi) is 4.73. The standard InChI is InChI=1S/C8H5F3O6P2/c9-7(10,11)5-2-1-3-6(4-5)8(12,18(13)14)17-19(15)16/h1-4,12H/p+2. The fraction of sp³-hybridized carbons (Fsp3) is 0.250. The number of hydrogen-bond acceptors (Lipinski definition) is 4. The van der Waals surface area contributed by atoms with E-state index in [1.807, 2.05) is 0 Å². The number of alkyl halides is 3. The molecule has 0 aliphatic heterocycles. The lowest BCUT2D eigenvalue weighted by Crippen LogP contribution is -2.23. The van der Waals surface area contributed by atoms with Crippen LogP contribution in [0.3, 0.4) is 0 Å². The Morgan fingerprint density at radius 2 is 1.63 bits per heavy atom. The van der Waals surface area contributed by atoms with E-state index in [1.165, 1.54) is 0 Å². The van der Waals surface area contributed by atoms with E-state index in [1.54, 1.807) is 0 Å². The summed E-state index contributed by atoms with van der Waals surface area (Å²) in [5, 5.41) is 9.65. The summed E-state index contributed by atoms with van der Waals surface area (Å²) < 4.78 is 62.8. The van der Waals surface area contributed by atoms with E-state index in [9.17, 15) is 27.4 Å². The summed E-state index contributed by atoms with van der Waals surface area (Å²) in [5.41, 5.74) is -5.17. The molecule has 0 spiro atoms. The molecule has 19 heavy (non-hydrogen) atoms. The largest absolute Gasteiger partial charge is 0.702 e. The first-order chi connectivity index (χ1) is 8.57. The lowest BCUT2D eigenvalue weighted by molar-refractivity contribution is -0.138. The van der Waals surface area contributed by atoms with Crippen LogP contribution in [0.15, 0.2) is 24.3 Å². The fourth-order valence-corrected chi connectivity index (χ4v) is 2.38. The van der Waals surface area contributed by atoms with Crippen molar-refractivity contribution in [1.82, 2.24) is 0 Å². The summed E-state index contributed by atoms with van der Waals surface area (Å²) in [6, 6.07) is 2.73. The third-order valence-electron chi connectivity index (χ3n) is 2.03. The van der Waals surface area contributed by atoms with Gasteiger partial charge in [-0.25, -0.2) is 0 Å². The Morgan fingerprint density at radius 3 is 2.05 bits per heavy atom. The Hall–Kier alpha value is -0.950. The first kappa shape index (κ1) is 16.1. The molecule has 0 heterocycles. The van der Waals surface area contributed by atoms with Crippen molar-refractivity contribution in [2.24, 2.45) is 0 Å². The van der Waals surface area contributed by atoms with Gasteiger partial charge in [0.15, 0.2) is 0 Å². The van der Waals surface area contributed by atoms with E-state index < -0.39 is 39.1 Å². The van der Waals surface area contributed by atoms with Gasteiger partial charge in [0.25, 0.3) is 0 Å². The Morgan fingerprint density at radius 1 is 1.11 bits per heavy atom. The summed E-state index contributed by atoms with van der Waals surface area (Å²) >= 11 is 0. The predicted octanol–water partition coefficient (Wildman–Crippen LogP) is 2.21. The van der Waals surface area contributed by atoms with Crippen molar-refractivity contribution < 1.29 is 41.7 Å². The average molecular weight is 318 g/mol. The summed E-state index contributed by atoms with van der Waals surface area (Å²) in [6.45, 7) is 0. The number of halogens is 3. The van der Waals surface area contributed by atoms with Gasteiger partial charge in [-0.1, -0.05) is 6.07 Å². The van der Waals surface area contributed by atoms with Crippen LogP contribution in [0, 0.1) is 0 Å². The zero-order chi connectivity index (χ0) is 14.8. The van der Waals surface area contributed by atoms with Gasteiger partial charge in [0.2, 0.25) is 0 Å². The molecule has 3 atom stereocenters. The molecule has 0 bridgehead atoms. The van der Waals surface area contributed by atoms with Crippen molar-refractivity contribution in [3.63, 3.8) is 0 Å². The normalized spacial score (nSPS) is 16.7. The van der Waals surface area contributed by atoms with Gasteiger partial charge < -0.3 is 5.11 Å². The molecule has 0 saturated heterocycles. The van der Waals surface area contributed by atoms with Crippen LogP contribution in [-0.4, -0.2) is 14.9 Å². The smallest absolute Gasteiger partial charge is 0.317 e. The molecule has 1 aromatic carbocycles. The lowest BCUT2D eigenvalue weighted by Gasteiger charge is -2.11. The van der Waals surface area contributed by atoms with Crippen LogP contribution in [0.4, 0.5) is 13.2 Å². The van der Waals surface area contributed by atoms with Crippen molar-refractivity contribution in [1.29, 1.82) is 0 Å². The molecule has 0 amide bonds. The average Bonchev–Trinajstić information content (AvgIpc) is 2.26. The third kappa shape index (κ3) is 3.76. The van der Waals surface area contributed by atoms with Crippen LogP contribution in [0.25, 0.3) is 0 Å². The third-order valence-corrected chi connectivity index (χ3v) is 3.46. The first-order valence-electron chi connectivity index (χ1n) is 4.49. The summed E-state index contributed by atoms with van der Waals surface area (Å²) in [7, 11) is -7.14. The zero-order valence-corrected chi connectivity index (χ0v) is 10.7. The molecule has 6 nitrogen and oxygen atoms in total. The van der Waals surface area contributed by atoms with Crippen LogP contribution in [0.1, 0.15) is 11.1 Å². The molecule has 11 heteroatoms. The zero-order valence-electron chi connectivity index (χ0n) is 8.90. The summed E-state index contributed by atoms with van der Waals surface area (Å²) in [4.78, 5) is 17.4. The van der Waals surface area contributed by atoms with Gasteiger partial charge in [-0.3, -0.25) is 0 Å². The van der Waals surface area contributed by atoms with Crippen molar-refractivity contribution in [3.8, 4) is 0 Å². The fourth-order valence-electron chi connectivity index (χ4n) is 1.21.